The number of rotatable bonds is 7. The van der Waals surface area contributed by atoms with Crippen molar-refractivity contribution in [2.75, 3.05) is 44.2 Å². The molecule has 2 heterocycles. The molecule has 0 saturated carbocycles. The summed E-state index contributed by atoms with van der Waals surface area (Å²) in [6.07, 6.45) is 5.71. The largest absolute Gasteiger partial charge is 0.346 e. The van der Waals surface area contributed by atoms with Crippen molar-refractivity contribution in [3.05, 3.63) is 11.6 Å². The topological polar surface area (TPSA) is 45.4 Å². The van der Waals surface area contributed by atoms with E-state index in [-0.39, 0.29) is 0 Å². The van der Waals surface area contributed by atoms with Crippen molar-refractivity contribution in [3.8, 4) is 0 Å². The Bertz CT molecular complexity index is 369. The molecule has 0 spiro atoms. The third-order valence-corrected chi connectivity index (χ3v) is 5.02. The normalized spacial score (nSPS) is 17.6. The van der Waals surface area contributed by atoms with Gasteiger partial charge >= 0.3 is 0 Å². The summed E-state index contributed by atoms with van der Waals surface area (Å²) in [5, 5.41) is 3.23. The van der Waals surface area contributed by atoms with Crippen LogP contribution >= 0.6 is 11.3 Å². The number of aromatic nitrogens is 1. The third-order valence-electron chi connectivity index (χ3n) is 4.19. The summed E-state index contributed by atoms with van der Waals surface area (Å²) in [4.78, 5) is 9.38. The highest BCUT2D eigenvalue weighted by atomic mass is 32.1. The summed E-state index contributed by atoms with van der Waals surface area (Å²) in [6.45, 7) is 11.1. The first-order valence-corrected chi connectivity index (χ1v) is 8.55. The first-order chi connectivity index (χ1) is 9.61. The summed E-state index contributed by atoms with van der Waals surface area (Å²) >= 11 is 1.74. The molecule has 1 aromatic heterocycles. The van der Waals surface area contributed by atoms with Gasteiger partial charge in [0.1, 0.15) is 0 Å². The zero-order valence-corrected chi connectivity index (χ0v) is 13.7. The average Bonchev–Trinajstić information content (AvgIpc) is 2.98. The van der Waals surface area contributed by atoms with Crippen molar-refractivity contribution in [1.82, 2.24) is 9.88 Å². The van der Waals surface area contributed by atoms with E-state index in [2.05, 4.69) is 34.0 Å². The van der Waals surface area contributed by atoms with E-state index in [1.165, 1.54) is 44.0 Å². The van der Waals surface area contributed by atoms with E-state index in [1.807, 2.05) is 6.20 Å². The molecule has 5 heteroatoms. The van der Waals surface area contributed by atoms with E-state index in [9.17, 15) is 0 Å². The number of unbranched alkanes of at least 4 members (excludes halogenated alkanes) is 1. The second-order valence-corrected chi connectivity index (χ2v) is 7.34. The molecule has 1 fully saturated rings. The van der Waals surface area contributed by atoms with Crippen molar-refractivity contribution in [2.24, 2.45) is 11.1 Å². The van der Waals surface area contributed by atoms with Crippen LogP contribution < -0.4 is 10.6 Å². The maximum absolute atomic E-state index is 5.77. The minimum absolute atomic E-state index is 0.309. The van der Waals surface area contributed by atoms with Gasteiger partial charge in [-0.15, -0.1) is 11.3 Å². The van der Waals surface area contributed by atoms with Gasteiger partial charge in [-0.05, 0) is 31.3 Å². The molecule has 1 aromatic rings. The molecule has 0 bridgehead atoms. The van der Waals surface area contributed by atoms with Crippen LogP contribution in [-0.4, -0.2) is 49.2 Å². The van der Waals surface area contributed by atoms with E-state index in [0.717, 1.165) is 19.6 Å². The molecule has 0 aromatic carbocycles. The van der Waals surface area contributed by atoms with Crippen molar-refractivity contribution in [3.63, 3.8) is 0 Å². The first-order valence-electron chi connectivity index (χ1n) is 7.68. The molecule has 2 rings (SSSR count). The molecule has 1 aliphatic rings. The van der Waals surface area contributed by atoms with Gasteiger partial charge in [-0.2, -0.15) is 0 Å². The molecule has 0 aliphatic carbocycles. The predicted octanol–water partition coefficient (Wildman–Crippen LogP) is 2.42. The zero-order valence-electron chi connectivity index (χ0n) is 12.8. The number of nitrogens with two attached hydrogens (primary N) is 1. The van der Waals surface area contributed by atoms with E-state index in [1.54, 1.807) is 11.3 Å². The Morgan fingerprint density at radius 3 is 2.60 bits per heavy atom. The smallest absolute Gasteiger partial charge is 0.185 e. The van der Waals surface area contributed by atoms with E-state index in [0.29, 0.717) is 5.41 Å². The summed E-state index contributed by atoms with van der Waals surface area (Å²) < 4.78 is 0. The lowest BCUT2D eigenvalue weighted by Crippen LogP contribution is -2.46. The van der Waals surface area contributed by atoms with Crippen LogP contribution in [0, 0.1) is 5.41 Å². The Morgan fingerprint density at radius 2 is 2.00 bits per heavy atom. The van der Waals surface area contributed by atoms with E-state index < -0.39 is 0 Å². The van der Waals surface area contributed by atoms with Crippen molar-refractivity contribution < 1.29 is 0 Å². The monoisotopic (exact) mass is 296 g/mol. The Kier molecular flexibility index (Phi) is 5.81. The van der Waals surface area contributed by atoms with Gasteiger partial charge in [0.2, 0.25) is 0 Å². The van der Waals surface area contributed by atoms with Crippen molar-refractivity contribution >= 4 is 16.5 Å². The van der Waals surface area contributed by atoms with Crippen LogP contribution in [0.1, 0.15) is 33.1 Å². The molecular formula is C15H28N4S. The van der Waals surface area contributed by atoms with Gasteiger partial charge in [-0.3, -0.25) is 4.90 Å². The zero-order chi connectivity index (χ0) is 14.4. The highest BCUT2D eigenvalue weighted by Gasteiger charge is 2.19. The number of thiazole rings is 1. The summed E-state index contributed by atoms with van der Waals surface area (Å²) in [6, 6.07) is 0. The maximum Gasteiger partial charge on any atom is 0.185 e. The van der Waals surface area contributed by atoms with Crippen molar-refractivity contribution in [2.45, 2.75) is 33.1 Å². The fraction of sp³-hybridized carbons (Fsp3) is 0.800. The molecule has 0 atom stereocenters. The van der Waals surface area contributed by atoms with Gasteiger partial charge in [-0.1, -0.05) is 20.3 Å². The van der Waals surface area contributed by atoms with Gasteiger partial charge < -0.3 is 10.6 Å². The van der Waals surface area contributed by atoms with Gasteiger partial charge in [0.05, 0.1) is 0 Å². The Balaban J connectivity index is 1.60. The Labute approximate surface area is 127 Å². The van der Waals surface area contributed by atoms with Crippen molar-refractivity contribution in [1.29, 1.82) is 0 Å². The van der Waals surface area contributed by atoms with Crippen LogP contribution in [-0.2, 0) is 0 Å². The van der Waals surface area contributed by atoms with Gasteiger partial charge in [-0.25, -0.2) is 4.98 Å². The lowest BCUT2D eigenvalue weighted by atomic mass is 9.87. The highest BCUT2D eigenvalue weighted by Crippen LogP contribution is 2.22. The lowest BCUT2D eigenvalue weighted by Gasteiger charge is -2.34. The summed E-state index contributed by atoms with van der Waals surface area (Å²) in [7, 11) is 0. The fourth-order valence-corrected chi connectivity index (χ4v) is 3.27. The number of hydrogen-bond acceptors (Lipinski definition) is 5. The molecule has 0 amide bonds. The second-order valence-electron chi connectivity index (χ2n) is 6.47. The molecular weight excluding hydrogens is 268 g/mol. The van der Waals surface area contributed by atoms with Crippen LogP contribution in [0.5, 0.6) is 0 Å². The molecule has 4 nitrogen and oxygen atoms in total. The van der Waals surface area contributed by atoms with Crippen LogP contribution in [0.15, 0.2) is 11.6 Å². The maximum atomic E-state index is 5.77. The van der Waals surface area contributed by atoms with Crippen LogP contribution in [0.2, 0.25) is 0 Å². The minimum atomic E-state index is 0.309. The number of anilines is 1. The molecule has 1 aliphatic heterocycles. The molecule has 2 N–H and O–H groups in total. The highest BCUT2D eigenvalue weighted by molar-refractivity contribution is 7.13. The van der Waals surface area contributed by atoms with E-state index >= 15 is 0 Å². The first kappa shape index (κ1) is 15.7. The molecule has 1 saturated heterocycles. The summed E-state index contributed by atoms with van der Waals surface area (Å²) in [5.41, 5.74) is 6.08. The van der Waals surface area contributed by atoms with Gasteiger partial charge in [0.15, 0.2) is 5.13 Å². The van der Waals surface area contributed by atoms with Crippen LogP contribution in [0.4, 0.5) is 5.13 Å². The van der Waals surface area contributed by atoms with Gasteiger partial charge in [0, 0.05) is 37.8 Å². The SMILES string of the molecule is CC(C)(CN)CCCCN1CCN(c2nccs2)CC1. The number of piperazine rings is 1. The predicted molar refractivity (Wildman–Crippen MR) is 87.5 cm³/mol. The Morgan fingerprint density at radius 1 is 1.25 bits per heavy atom. The fourth-order valence-electron chi connectivity index (χ4n) is 2.58. The third kappa shape index (κ3) is 4.72. The number of nitrogens with zero attached hydrogens (tertiary/aromatic N) is 3. The average molecular weight is 296 g/mol. The number of hydrogen-bond donors (Lipinski definition) is 1. The molecule has 20 heavy (non-hydrogen) atoms. The Hall–Kier alpha value is -0.650. The van der Waals surface area contributed by atoms with Crippen LogP contribution in [0.25, 0.3) is 0 Å². The lowest BCUT2D eigenvalue weighted by molar-refractivity contribution is 0.243. The molecule has 114 valence electrons. The van der Waals surface area contributed by atoms with Crippen LogP contribution in [0.3, 0.4) is 0 Å². The van der Waals surface area contributed by atoms with E-state index in [4.69, 9.17) is 5.73 Å². The molecule has 0 radical (unpaired) electrons. The molecule has 0 unspecified atom stereocenters. The summed E-state index contributed by atoms with van der Waals surface area (Å²) in [5.74, 6) is 0. The quantitative estimate of drug-likeness (QED) is 0.785. The minimum Gasteiger partial charge on any atom is -0.346 e. The standard InChI is InChI=1S/C15H28N4S/c1-15(2,13-16)5-3-4-7-18-8-10-19(11-9-18)14-17-6-12-20-14/h6,12H,3-5,7-11,13,16H2,1-2H3. The van der Waals surface area contributed by atoms with Gasteiger partial charge in [0.25, 0.3) is 0 Å². The second kappa shape index (κ2) is 7.38.